The Morgan fingerprint density at radius 1 is 1.07 bits per heavy atom. The molecule has 10 heteroatoms. The van der Waals surface area contributed by atoms with Crippen molar-refractivity contribution in [3.05, 3.63) is 59.2 Å². The van der Waals surface area contributed by atoms with E-state index >= 15 is 0 Å². The third kappa shape index (κ3) is 6.58. The number of amides is 3. The standard InChI is InChI=1S/C30H37F3N4O3/c1-6-10-26(35-22(7-2)8-3)20-11-9-12-24(17-20)40-16-15-36-28(39)37(27(38)29(36,4)5)23-14-13-21(19-34)25(18-23)30(31,32)33/h9,11-14,17-18,22,26,35H,6-8,10,15-16H2,1-5H3. The van der Waals surface area contributed by atoms with Gasteiger partial charge in [-0.15, -0.1) is 0 Å². The predicted octanol–water partition coefficient (Wildman–Crippen LogP) is 6.82. The van der Waals surface area contributed by atoms with Crippen LogP contribution in [0.4, 0.5) is 23.7 Å². The molecule has 0 saturated carbocycles. The Balaban J connectivity index is 1.75. The van der Waals surface area contributed by atoms with Gasteiger partial charge in [-0.1, -0.05) is 39.3 Å². The number of nitriles is 1. The first-order valence-electron chi connectivity index (χ1n) is 13.6. The van der Waals surface area contributed by atoms with E-state index in [0.717, 1.165) is 42.2 Å². The van der Waals surface area contributed by atoms with Crippen molar-refractivity contribution >= 4 is 17.6 Å². The minimum Gasteiger partial charge on any atom is -0.492 e. The predicted molar refractivity (Wildman–Crippen MR) is 147 cm³/mol. The number of nitrogens with zero attached hydrogens (tertiary/aromatic N) is 3. The molecule has 0 aromatic heterocycles. The fraction of sp³-hybridized carbons (Fsp3) is 0.500. The number of alkyl halides is 3. The van der Waals surface area contributed by atoms with E-state index < -0.39 is 34.8 Å². The molecule has 1 aliphatic heterocycles. The van der Waals surface area contributed by atoms with Crippen LogP contribution in [0.5, 0.6) is 5.75 Å². The molecule has 1 fully saturated rings. The van der Waals surface area contributed by atoms with Gasteiger partial charge in [-0.05, 0) is 69.0 Å². The number of carbonyl (C=O) groups is 2. The normalized spacial score (nSPS) is 16.0. The van der Waals surface area contributed by atoms with Crippen molar-refractivity contribution in [3.63, 3.8) is 0 Å². The molecule has 1 N–H and O–H groups in total. The minimum atomic E-state index is -4.82. The monoisotopic (exact) mass is 558 g/mol. The van der Waals surface area contributed by atoms with Gasteiger partial charge in [-0.2, -0.15) is 18.4 Å². The Morgan fingerprint density at radius 3 is 2.38 bits per heavy atom. The molecule has 7 nitrogen and oxygen atoms in total. The molecule has 0 radical (unpaired) electrons. The number of imide groups is 1. The van der Waals surface area contributed by atoms with E-state index in [2.05, 4.69) is 32.2 Å². The summed E-state index contributed by atoms with van der Waals surface area (Å²) in [5, 5.41) is 12.8. The minimum absolute atomic E-state index is 0.0467. The van der Waals surface area contributed by atoms with Crippen molar-refractivity contribution in [2.75, 3.05) is 18.1 Å². The summed E-state index contributed by atoms with van der Waals surface area (Å²) in [6.07, 6.45) is -0.766. The van der Waals surface area contributed by atoms with Gasteiger partial charge in [0.15, 0.2) is 0 Å². The summed E-state index contributed by atoms with van der Waals surface area (Å²) in [4.78, 5) is 28.5. The van der Waals surface area contributed by atoms with Gasteiger partial charge in [-0.3, -0.25) is 4.79 Å². The van der Waals surface area contributed by atoms with Gasteiger partial charge < -0.3 is 15.0 Å². The molecule has 1 saturated heterocycles. The molecule has 3 amide bonds. The van der Waals surface area contributed by atoms with Crippen molar-refractivity contribution < 1.29 is 27.5 Å². The molecular weight excluding hydrogens is 521 g/mol. The van der Waals surface area contributed by atoms with Gasteiger partial charge in [0.1, 0.15) is 17.9 Å². The lowest BCUT2D eigenvalue weighted by Gasteiger charge is -2.27. The zero-order valence-corrected chi connectivity index (χ0v) is 23.6. The SMILES string of the molecule is CCCC(NC(CC)CC)c1cccc(OCCN2C(=O)N(c3ccc(C#N)c(C(F)(F)F)c3)C(=O)C2(C)C)c1. The first kappa shape index (κ1) is 31.0. The van der Waals surface area contributed by atoms with Gasteiger partial charge in [0, 0.05) is 12.1 Å². The van der Waals surface area contributed by atoms with Crippen LogP contribution in [0.15, 0.2) is 42.5 Å². The summed E-state index contributed by atoms with van der Waals surface area (Å²) in [7, 11) is 0. The number of hydrogen-bond acceptors (Lipinski definition) is 5. The van der Waals surface area contributed by atoms with Gasteiger partial charge in [-0.25, -0.2) is 9.69 Å². The molecule has 2 aromatic rings. The maximum atomic E-state index is 13.5. The summed E-state index contributed by atoms with van der Waals surface area (Å²) < 4.78 is 46.5. The summed E-state index contributed by atoms with van der Waals surface area (Å²) in [5.74, 6) is -0.0355. The number of anilines is 1. The second kappa shape index (κ2) is 12.7. The Labute approximate surface area is 233 Å². The molecule has 0 spiro atoms. The number of halogens is 3. The number of hydrogen-bond donors (Lipinski definition) is 1. The summed E-state index contributed by atoms with van der Waals surface area (Å²) >= 11 is 0. The maximum absolute atomic E-state index is 13.5. The smallest absolute Gasteiger partial charge is 0.417 e. The third-order valence-electron chi connectivity index (χ3n) is 7.35. The van der Waals surface area contributed by atoms with Crippen LogP contribution in [0, 0.1) is 11.3 Å². The Morgan fingerprint density at radius 2 is 1.77 bits per heavy atom. The van der Waals surface area contributed by atoms with Crippen molar-refractivity contribution in [1.29, 1.82) is 5.26 Å². The van der Waals surface area contributed by atoms with Gasteiger partial charge in [0.25, 0.3) is 5.91 Å². The number of benzene rings is 2. The first-order chi connectivity index (χ1) is 18.9. The highest BCUT2D eigenvalue weighted by atomic mass is 19.4. The lowest BCUT2D eigenvalue weighted by molar-refractivity contribution is -0.137. The van der Waals surface area contributed by atoms with Crippen LogP contribution < -0.4 is 15.0 Å². The van der Waals surface area contributed by atoms with E-state index in [0.29, 0.717) is 17.9 Å². The summed E-state index contributed by atoms with van der Waals surface area (Å²) in [5.41, 5.74) is -2.23. The van der Waals surface area contributed by atoms with Crippen LogP contribution in [0.1, 0.15) is 83.0 Å². The van der Waals surface area contributed by atoms with Crippen LogP contribution in [-0.4, -0.2) is 41.6 Å². The molecule has 1 aliphatic rings. The highest BCUT2D eigenvalue weighted by molar-refractivity contribution is 6.23. The second-order valence-corrected chi connectivity index (χ2v) is 10.4. The number of nitrogens with one attached hydrogen (secondary N) is 1. The van der Waals surface area contributed by atoms with Crippen molar-refractivity contribution in [3.8, 4) is 11.8 Å². The fourth-order valence-corrected chi connectivity index (χ4v) is 4.96. The van der Waals surface area contributed by atoms with Crippen LogP contribution >= 0.6 is 0 Å². The topological polar surface area (TPSA) is 85.7 Å². The maximum Gasteiger partial charge on any atom is 0.417 e. The molecule has 1 atom stereocenters. The van der Waals surface area contributed by atoms with E-state index in [-0.39, 0.29) is 24.9 Å². The lowest BCUT2D eigenvalue weighted by Crippen LogP contribution is -2.46. The van der Waals surface area contributed by atoms with Gasteiger partial charge >= 0.3 is 12.2 Å². The molecule has 0 aliphatic carbocycles. The Hall–Kier alpha value is -3.58. The fourth-order valence-electron chi connectivity index (χ4n) is 4.96. The molecule has 216 valence electrons. The zero-order valence-electron chi connectivity index (χ0n) is 23.6. The summed E-state index contributed by atoms with van der Waals surface area (Å²) in [6.45, 7) is 9.68. The number of rotatable bonds is 12. The summed E-state index contributed by atoms with van der Waals surface area (Å²) in [6, 6.07) is 11.9. The average molecular weight is 559 g/mol. The molecule has 1 heterocycles. The van der Waals surface area contributed by atoms with E-state index in [1.807, 2.05) is 18.2 Å². The Bertz CT molecular complexity index is 1250. The molecule has 40 heavy (non-hydrogen) atoms. The number of urea groups is 1. The second-order valence-electron chi connectivity index (χ2n) is 10.4. The van der Waals surface area contributed by atoms with E-state index in [1.165, 1.54) is 17.0 Å². The van der Waals surface area contributed by atoms with Crippen molar-refractivity contribution in [2.24, 2.45) is 0 Å². The molecule has 0 bridgehead atoms. The molecule has 3 rings (SSSR count). The number of carbonyl (C=O) groups excluding carboxylic acids is 2. The van der Waals surface area contributed by atoms with Gasteiger partial charge in [0.05, 0.1) is 29.4 Å². The quantitative estimate of drug-likeness (QED) is 0.289. The van der Waals surface area contributed by atoms with E-state index in [4.69, 9.17) is 10.00 Å². The van der Waals surface area contributed by atoms with Crippen LogP contribution in [0.25, 0.3) is 0 Å². The first-order valence-corrected chi connectivity index (χ1v) is 13.6. The molecular formula is C30H37F3N4O3. The third-order valence-corrected chi connectivity index (χ3v) is 7.35. The molecule has 1 unspecified atom stereocenters. The van der Waals surface area contributed by atoms with E-state index in [1.54, 1.807) is 13.8 Å². The van der Waals surface area contributed by atoms with Crippen LogP contribution in [0.3, 0.4) is 0 Å². The largest absolute Gasteiger partial charge is 0.492 e. The highest BCUT2D eigenvalue weighted by Crippen LogP contribution is 2.37. The number of ether oxygens (including phenoxy) is 1. The van der Waals surface area contributed by atoms with Crippen molar-refractivity contribution in [2.45, 2.75) is 84.1 Å². The highest BCUT2D eigenvalue weighted by Gasteiger charge is 2.52. The van der Waals surface area contributed by atoms with Crippen molar-refractivity contribution in [1.82, 2.24) is 10.2 Å². The van der Waals surface area contributed by atoms with E-state index in [9.17, 15) is 22.8 Å². The lowest BCUT2D eigenvalue weighted by atomic mass is 10.00. The van der Waals surface area contributed by atoms with Gasteiger partial charge in [0.2, 0.25) is 0 Å². The zero-order chi connectivity index (χ0) is 29.7. The molecule has 2 aromatic carbocycles. The van der Waals surface area contributed by atoms with Crippen LogP contribution in [0.2, 0.25) is 0 Å². The Kier molecular flexibility index (Phi) is 9.85. The van der Waals surface area contributed by atoms with Crippen LogP contribution in [-0.2, 0) is 11.0 Å². The average Bonchev–Trinajstić information content (AvgIpc) is 3.09.